The van der Waals surface area contributed by atoms with E-state index in [0.717, 1.165) is 11.4 Å². The molecule has 0 radical (unpaired) electrons. The molecule has 0 saturated heterocycles. The first-order chi connectivity index (χ1) is 14.6. The minimum atomic E-state index is -0.277. The zero-order valence-electron chi connectivity index (χ0n) is 17.1. The van der Waals surface area contributed by atoms with Gasteiger partial charge in [0, 0.05) is 16.5 Å². The quantitative estimate of drug-likeness (QED) is 0.533. The number of amides is 2. The lowest BCUT2D eigenvalue weighted by Gasteiger charge is -2.21. The Hall–Kier alpha value is -2.18. The van der Waals surface area contributed by atoms with Gasteiger partial charge in [-0.3, -0.25) is 9.59 Å². The SMILES string of the molecule is COc1ccc(Cl)cc1NC(=O)c1ccccc1SCC(=O)NCC1CCCCC1. The second-order valence-corrected chi connectivity index (χ2v) is 8.85. The van der Waals surface area contributed by atoms with Crippen molar-refractivity contribution >= 4 is 40.9 Å². The molecular formula is C23H27ClN2O3S. The van der Waals surface area contributed by atoms with E-state index in [0.29, 0.717) is 27.9 Å². The smallest absolute Gasteiger partial charge is 0.256 e. The molecule has 0 bridgehead atoms. The van der Waals surface area contributed by atoms with Crippen molar-refractivity contribution in [2.24, 2.45) is 5.92 Å². The molecule has 0 aliphatic heterocycles. The molecule has 1 aliphatic carbocycles. The van der Waals surface area contributed by atoms with Gasteiger partial charge >= 0.3 is 0 Å². The van der Waals surface area contributed by atoms with E-state index in [2.05, 4.69) is 10.6 Å². The molecule has 0 spiro atoms. The summed E-state index contributed by atoms with van der Waals surface area (Å²) in [4.78, 5) is 25.9. The van der Waals surface area contributed by atoms with Gasteiger partial charge in [0.1, 0.15) is 5.75 Å². The maximum Gasteiger partial charge on any atom is 0.256 e. The maximum atomic E-state index is 12.9. The average molecular weight is 447 g/mol. The van der Waals surface area contributed by atoms with Crippen LogP contribution in [0.3, 0.4) is 0 Å². The Morgan fingerprint density at radius 3 is 2.67 bits per heavy atom. The first-order valence-electron chi connectivity index (χ1n) is 10.2. The number of carbonyl (C=O) groups excluding carboxylic acids is 2. The van der Waals surface area contributed by atoms with Crippen molar-refractivity contribution in [3.8, 4) is 5.75 Å². The number of hydrogen-bond donors (Lipinski definition) is 2. The second-order valence-electron chi connectivity index (χ2n) is 7.39. The molecule has 1 aliphatic rings. The molecule has 0 heterocycles. The highest BCUT2D eigenvalue weighted by Gasteiger charge is 2.17. The molecule has 7 heteroatoms. The van der Waals surface area contributed by atoms with Crippen LogP contribution in [-0.4, -0.2) is 31.2 Å². The second kappa shape index (κ2) is 11.3. The minimum Gasteiger partial charge on any atom is -0.495 e. The summed E-state index contributed by atoms with van der Waals surface area (Å²) in [7, 11) is 1.54. The van der Waals surface area contributed by atoms with Gasteiger partial charge in [0.05, 0.1) is 24.1 Å². The molecule has 2 aromatic rings. The molecule has 160 valence electrons. The lowest BCUT2D eigenvalue weighted by molar-refractivity contribution is -0.118. The van der Waals surface area contributed by atoms with Crippen LogP contribution >= 0.6 is 23.4 Å². The summed E-state index contributed by atoms with van der Waals surface area (Å²) in [5, 5.41) is 6.40. The fourth-order valence-electron chi connectivity index (χ4n) is 3.59. The number of rotatable bonds is 8. The zero-order chi connectivity index (χ0) is 21.3. The third-order valence-corrected chi connectivity index (χ3v) is 6.52. The van der Waals surface area contributed by atoms with Gasteiger partial charge < -0.3 is 15.4 Å². The van der Waals surface area contributed by atoms with E-state index in [1.807, 2.05) is 12.1 Å². The van der Waals surface area contributed by atoms with Crippen molar-refractivity contribution in [3.05, 3.63) is 53.1 Å². The highest BCUT2D eigenvalue weighted by Crippen LogP contribution is 2.30. The molecule has 1 fully saturated rings. The molecular weight excluding hydrogens is 420 g/mol. The van der Waals surface area contributed by atoms with Crippen LogP contribution < -0.4 is 15.4 Å². The number of halogens is 1. The Bertz CT molecular complexity index is 885. The minimum absolute atomic E-state index is 0.00250. The summed E-state index contributed by atoms with van der Waals surface area (Å²) < 4.78 is 5.29. The fourth-order valence-corrected chi connectivity index (χ4v) is 4.64. The van der Waals surface area contributed by atoms with Crippen LogP contribution in [0.25, 0.3) is 0 Å². The average Bonchev–Trinajstić information content (AvgIpc) is 2.77. The van der Waals surface area contributed by atoms with Crippen LogP contribution in [0, 0.1) is 5.92 Å². The number of carbonyl (C=O) groups is 2. The molecule has 0 unspecified atom stereocenters. The van der Waals surface area contributed by atoms with Crippen molar-refractivity contribution < 1.29 is 14.3 Å². The number of ether oxygens (including phenoxy) is 1. The normalized spacial score (nSPS) is 14.2. The highest BCUT2D eigenvalue weighted by molar-refractivity contribution is 8.00. The van der Waals surface area contributed by atoms with Gasteiger partial charge in [-0.15, -0.1) is 11.8 Å². The molecule has 3 rings (SSSR count). The summed E-state index contributed by atoms with van der Waals surface area (Å²) in [5.41, 5.74) is 1.00. The van der Waals surface area contributed by atoms with E-state index in [-0.39, 0.29) is 17.6 Å². The van der Waals surface area contributed by atoms with Gasteiger partial charge in [0.25, 0.3) is 5.91 Å². The standard InChI is InChI=1S/C23H27ClN2O3S/c1-29-20-12-11-17(24)13-19(20)26-23(28)18-9-5-6-10-21(18)30-15-22(27)25-14-16-7-3-2-4-8-16/h5-6,9-13,16H,2-4,7-8,14-15H2,1H3,(H,25,27)(H,26,28). The summed E-state index contributed by atoms with van der Waals surface area (Å²) >= 11 is 7.41. The van der Waals surface area contributed by atoms with Crippen LogP contribution in [0.4, 0.5) is 5.69 Å². The van der Waals surface area contributed by atoms with E-state index in [4.69, 9.17) is 16.3 Å². The third-order valence-electron chi connectivity index (χ3n) is 5.21. The van der Waals surface area contributed by atoms with E-state index < -0.39 is 0 Å². The highest BCUT2D eigenvalue weighted by atomic mass is 35.5. The zero-order valence-corrected chi connectivity index (χ0v) is 18.7. The largest absolute Gasteiger partial charge is 0.495 e. The predicted octanol–water partition coefficient (Wildman–Crippen LogP) is 5.39. The number of thioether (sulfide) groups is 1. The summed E-state index contributed by atoms with van der Waals surface area (Å²) in [6, 6.07) is 12.3. The van der Waals surface area contributed by atoms with Crippen molar-refractivity contribution in [1.29, 1.82) is 0 Å². The molecule has 1 saturated carbocycles. The molecule has 2 aromatic carbocycles. The first-order valence-corrected chi connectivity index (χ1v) is 11.6. The van der Waals surface area contributed by atoms with Gasteiger partial charge in [-0.1, -0.05) is 43.0 Å². The monoisotopic (exact) mass is 446 g/mol. The first kappa shape index (κ1) is 22.5. The Balaban J connectivity index is 1.59. The Labute approximate surface area is 186 Å². The van der Waals surface area contributed by atoms with Crippen molar-refractivity contribution in [3.63, 3.8) is 0 Å². The topological polar surface area (TPSA) is 67.4 Å². The fraction of sp³-hybridized carbons (Fsp3) is 0.391. The summed E-state index contributed by atoms with van der Waals surface area (Å²) in [6.45, 7) is 0.746. The third kappa shape index (κ3) is 6.41. The Kier molecular flexibility index (Phi) is 8.46. The lowest BCUT2D eigenvalue weighted by atomic mass is 9.89. The van der Waals surface area contributed by atoms with E-state index in [1.54, 1.807) is 30.3 Å². The maximum absolute atomic E-state index is 12.9. The predicted molar refractivity (Wildman–Crippen MR) is 123 cm³/mol. The molecule has 2 N–H and O–H groups in total. The van der Waals surface area contributed by atoms with Crippen molar-refractivity contribution in [2.75, 3.05) is 24.7 Å². The lowest BCUT2D eigenvalue weighted by Crippen LogP contribution is -2.31. The van der Waals surface area contributed by atoms with E-state index in [9.17, 15) is 9.59 Å². The van der Waals surface area contributed by atoms with Gasteiger partial charge in [-0.05, 0) is 49.1 Å². The summed E-state index contributed by atoms with van der Waals surface area (Å²) in [6.07, 6.45) is 6.22. The molecule has 0 atom stereocenters. The number of hydrogen-bond acceptors (Lipinski definition) is 4. The Morgan fingerprint density at radius 2 is 1.90 bits per heavy atom. The van der Waals surface area contributed by atoms with Crippen LogP contribution in [0.1, 0.15) is 42.5 Å². The van der Waals surface area contributed by atoms with Crippen LogP contribution in [-0.2, 0) is 4.79 Å². The Morgan fingerprint density at radius 1 is 1.13 bits per heavy atom. The van der Waals surface area contributed by atoms with Gasteiger partial charge in [-0.25, -0.2) is 0 Å². The summed E-state index contributed by atoms with van der Waals surface area (Å²) in [5.74, 6) is 1.12. The van der Waals surface area contributed by atoms with Crippen LogP contribution in [0.2, 0.25) is 5.02 Å². The molecule has 30 heavy (non-hydrogen) atoms. The van der Waals surface area contributed by atoms with Crippen molar-refractivity contribution in [1.82, 2.24) is 5.32 Å². The van der Waals surface area contributed by atoms with Crippen molar-refractivity contribution in [2.45, 2.75) is 37.0 Å². The number of nitrogens with one attached hydrogen (secondary N) is 2. The number of benzene rings is 2. The van der Waals surface area contributed by atoms with Gasteiger partial charge in [0.15, 0.2) is 0 Å². The van der Waals surface area contributed by atoms with E-state index >= 15 is 0 Å². The van der Waals surface area contributed by atoms with Gasteiger partial charge in [0.2, 0.25) is 5.91 Å². The molecule has 5 nitrogen and oxygen atoms in total. The van der Waals surface area contributed by atoms with Crippen LogP contribution in [0.15, 0.2) is 47.4 Å². The number of methoxy groups -OCH3 is 1. The number of anilines is 1. The molecule has 2 amide bonds. The van der Waals surface area contributed by atoms with E-state index in [1.165, 1.54) is 51.0 Å². The van der Waals surface area contributed by atoms with Gasteiger partial charge in [-0.2, -0.15) is 0 Å². The van der Waals surface area contributed by atoms with Crippen LogP contribution in [0.5, 0.6) is 5.75 Å². The molecule has 0 aromatic heterocycles.